The molecule has 0 aliphatic carbocycles. The first-order valence-electron chi connectivity index (χ1n) is 7.49. The first-order valence-corrected chi connectivity index (χ1v) is 7.49. The minimum absolute atomic E-state index is 0. The van der Waals surface area contributed by atoms with Crippen molar-refractivity contribution in [1.82, 2.24) is 0 Å². The predicted octanol–water partition coefficient (Wildman–Crippen LogP) is -4.56. The van der Waals surface area contributed by atoms with Crippen molar-refractivity contribution in [2.45, 2.75) is 60.8 Å². The summed E-state index contributed by atoms with van der Waals surface area (Å²) in [6.07, 6.45) is 5.67. The molecule has 3 radical (unpaired) electrons. The molecule has 0 aliphatic rings. The fraction of sp³-hybridized carbons (Fsp3) is 0.632. The second-order valence-electron chi connectivity index (χ2n) is 4.01. The topological polar surface area (TPSA) is 141 Å². The minimum Gasteiger partial charge on any atom is -0.876 e. The molecule has 0 spiro atoms. The van der Waals surface area contributed by atoms with E-state index in [0.717, 1.165) is 25.2 Å². The zero-order valence-corrected chi connectivity index (χ0v) is 45.9. The van der Waals surface area contributed by atoms with Crippen LogP contribution in [-0.4, -0.2) is 47.7 Å². The molecular formula is C19H39O7Rb2Re3Rf-7. The molecule has 32 heavy (non-hydrogen) atoms. The Hall–Kier alpha value is 3.74. The maximum Gasteiger partial charge on any atom is 1.00 e. The van der Waals surface area contributed by atoms with Crippen LogP contribution in [-0.2, 0) is 70.9 Å². The van der Waals surface area contributed by atoms with Crippen LogP contribution in [0.5, 0.6) is 0 Å². The fourth-order valence-electron chi connectivity index (χ4n) is 0.403. The summed E-state index contributed by atoms with van der Waals surface area (Å²) in [4.78, 5) is 17.4. The van der Waals surface area contributed by atoms with Crippen LogP contribution in [0.15, 0.2) is 0 Å². The first kappa shape index (κ1) is 83.4. The van der Waals surface area contributed by atoms with Crippen molar-refractivity contribution in [2.24, 2.45) is 0 Å². The Bertz CT molecular complexity index is 192. The Balaban J connectivity index is -0.0000000123. The molecule has 0 amide bonds. The van der Waals surface area contributed by atoms with Gasteiger partial charge in [0, 0.05) is 61.3 Å². The van der Waals surface area contributed by atoms with Gasteiger partial charge < -0.3 is 50.0 Å². The monoisotopic (exact) mass is 1380 g/mol. The molecule has 0 rings (SSSR count). The Kier molecular flexibility index (Phi) is 240. The van der Waals surface area contributed by atoms with Crippen molar-refractivity contribution in [2.75, 3.05) is 19.8 Å². The normalized spacial score (nSPS) is 6.44. The van der Waals surface area contributed by atoms with E-state index in [0.29, 0.717) is 6.10 Å². The Morgan fingerprint density at radius 2 is 0.969 bits per heavy atom. The van der Waals surface area contributed by atoms with Crippen LogP contribution in [0.3, 0.4) is 0 Å². The van der Waals surface area contributed by atoms with Crippen molar-refractivity contribution in [1.29, 1.82) is 0 Å². The van der Waals surface area contributed by atoms with E-state index < -0.39 is 19.3 Å². The van der Waals surface area contributed by atoms with Crippen molar-refractivity contribution in [3.63, 3.8) is 0 Å². The standard InChI is InChI=1S/2C5H11O.C3H5O3.2C2H3O.2CH3.2Rb.3Re.Rf/c1-3-5(2)4-6;1-3-5(6)4-2;4-1-3(6)2-5;2*1-2-3;;;;;;;;/h2*6H,3-4H2,1-2H3;6H,1-2H2;2*1H3;2*1H3;;;;;;/q2*-1;-3;4*-1;2*+1;;;;. The van der Waals surface area contributed by atoms with Gasteiger partial charge in [0.1, 0.15) is 0 Å². The Labute approximate surface area is 332 Å². The van der Waals surface area contributed by atoms with Gasteiger partial charge in [-0.15, -0.1) is 0 Å². The fourth-order valence-corrected chi connectivity index (χ4v) is 0.403. The van der Waals surface area contributed by atoms with Gasteiger partial charge in [-0.05, 0) is 0 Å². The molecule has 0 aromatic carbocycles. The van der Waals surface area contributed by atoms with Crippen LogP contribution in [0.4, 0.5) is 0 Å². The second kappa shape index (κ2) is 91.9. The van der Waals surface area contributed by atoms with E-state index in [4.69, 9.17) is 24.9 Å². The number of hydrogen-bond acceptors (Lipinski definition) is 7. The van der Waals surface area contributed by atoms with E-state index in [1.807, 2.05) is 27.7 Å². The van der Waals surface area contributed by atoms with Gasteiger partial charge in [-0.3, -0.25) is 31.7 Å². The summed E-state index contributed by atoms with van der Waals surface area (Å²) in [6, 6.07) is 0. The number of hydrogen-bond donors (Lipinski definition) is 3. The molecule has 0 saturated heterocycles. The van der Waals surface area contributed by atoms with Gasteiger partial charge in [-0.1, -0.05) is 27.4 Å². The summed E-state index contributed by atoms with van der Waals surface area (Å²) in [7, 11) is 0. The van der Waals surface area contributed by atoms with Crippen LogP contribution in [0.1, 0.15) is 60.8 Å². The SMILES string of the molecule is CC[C-](C)CO.CC[C-](O)CC.C[C-]=O.C[C-]=O.[CH3-].[CH3-].[O-]C[C-](O)C[O-].[Rb+].[Rb+].[Re].[Re].[Re].[Rf]. The van der Waals surface area contributed by atoms with E-state index in [-0.39, 0.29) is 199 Å². The molecule has 0 bridgehead atoms. The van der Waals surface area contributed by atoms with Crippen molar-refractivity contribution in [3.05, 3.63) is 33.0 Å². The number of carbonyl (C=O) groups excluding carboxylic acids is 2. The third-order valence-corrected chi connectivity index (χ3v) is 2.02. The molecule has 0 atom stereocenters. The van der Waals surface area contributed by atoms with E-state index in [9.17, 15) is 10.2 Å². The molecule has 0 heterocycles. The summed E-state index contributed by atoms with van der Waals surface area (Å²) in [6.45, 7) is 9.23. The Morgan fingerprint density at radius 1 is 0.750 bits per heavy atom. The zero-order chi connectivity index (χ0) is 20.4. The van der Waals surface area contributed by atoms with Gasteiger partial charge in [0.25, 0.3) is 0 Å². The van der Waals surface area contributed by atoms with Crippen LogP contribution in [0.2, 0.25) is 0 Å². The third-order valence-electron chi connectivity index (χ3n) is 2.02. The first-order chi connectivity index (χ1) is 11.3. The van der Waals surface area contributed by atoms with Gasteiger partial charge in [0.15, 0.2) is 0 Å². The molecule has 0 unspecified atom stereocenters. The minimum atomic E-state index is -0.760. The number of aliphatic hydroxyl groups excluding tert-OH is 3. The van der Waals surface area contributed by atoms with Crippen molar-refractivity contribution < 1.29 is 213 Å². The van der Waals surface area contributed by atoms with E-state index in [1.165, 1.54) is 26.4 Å². The zero-order valence-electron chi connectivity index (χ0n) is 21.6. The van der Waals surface area contributed by atoms with Crippen molar-refractivity contribution in [3.8, 4) is 0 Å². The molecule has 0 saturated carbocycles. The van der Waals surface area contributed by atoms with E-state index >= 15 is 0 Å². The van der Waals surface area contributed by atoms with Gasteiger partial charge >= 0.3 is 116 Å². The molecule has 7 nitrogen and oxygen atoms in total. The van der Waals surface area contributed by atoms with Crippen LogP contribution < -0.4 is 127 Å². The molecule has 13 heteroatoms. The largest absolute Gasteiger partial charge is 1.00 e. The predicted molar refractivity (Wildman–Crippen MR) is 103 cm³/mol. The summed E-state index contributed by atoms with van der Waals surface area (Å²) >= 11 is 0. The maximum atomic E-state index is 9.37. The molecular weight excluding hydrogens is 1340 g/mol. The summed E-state index contributed by atoms with van der Waals surface area (Å²) in [5.41, 5.74) is 0. The Morgan fingerprint density at radius 3 is 0.969 bits per heavy atom. The van der Waals surface area contributed by atoms with Gasteiger partial charge in [0.2, 0.25) is 0 Å². The summed E-state index contributed by atoms with van der Waals surface area (Å²) in [5.74, 6) is 1.15. The third kappa shape index (κ3) is 146. The average Bonchev–Trinajstić information content (AvgIpc) is 2.61. The summed E-state index contributed by atoms with van der Waals surface area (Å²) < 4.78 is 0. The second-order valence-corrected chi connectivity index (χ2v) is 4.01. The molecule has 3 N–H and O–H groups in total. The van der Waals surface area contributed by atoms with Gasteiger partial charge in [0.05, 0.1) is 0 Å². The number of rotatable bonds is 6. The van der Waals surface area contributed by atoms with Crippen LogP contribution in [0, 0.1) is 33.0 Å². The van der Waals surface area contributed by atoms with Gasteiger partial charge in [-0.25, -0.2) is 12.2 Å². The van der Waals surface area contributed by atoms with Crippen LogP contribution in [0.25, 0.3) is 0 Å². The van der Waals surface area contributed by atoms with E-state index in [1.54, 1.807) is 0 Å². The average molecular weight is 1380 g/mol. The molecule has 0 aromatic rings. The van der Waals surface area contributed by atoms with Crippen molar-refractivity contribution >= 4 is 12.6 Å². The smallest absolute Gasteiger partial charge is 0.876 e. The summed E-state index contributed by atoms with van der Waals surface area (Å²) in [5, 5.41) is 43.6. The molecule has 0 fully saturated rings. The molecule has 0 aromatic heterocycles. The molecule has 0 aliphatic heterocycles. The van der Waals surface area contributed by atoms with Crippen LogP contribution >= 0.6 is 0 Å². The van der Waals surface area contributed by atoms with E-state index in [2.05, 4.69) is 0 Å². The number of aliphatic hydroxyl groups is 3. The maximum absolute atomic E-state index is 9.37. The molecule has 189 valence electrons. The van der Waals surface area contributed by atoms with Gasteiger partial charge in [-0.2, -0.15) is 40.0 Å². The quantitative estimate of drug-likeness (QED) is 0.228.